The molecule has 2 heteroatoms. The number of amides is 1. The number of carbonyl (C=O) groups is 1. The molecule has 112 valence electrons. The third-order valence-corrected chi connectivity index (χ3v) is 6.17. The van der Waals surface area contributed by atoms with E-state index in [0.717, 1.165) is 18.3 Å². The molecule has 4 atom stereocenters. The van der Waals surface area contributed by atoms with Crippen LogP contribution >= 0.6 is 0 Å². The zero-order valence-electron chi connectivity index (χ0n) is 13.1. The van der Waals surface area contributed by atoms with E-state index in [0.29, 0.717) is 5.41 Å². The molecule has 1 N–H and O–H groups in total. The topological polar surface area (TPSA) is 29.1 Å². The van der Waals surface area contributed by atoms with Gasteiger partial charge in [0.1, 0.15) is 0 Å². The van der Waals surface area contributed by atoms with Gasteiger partial charge in [-0.15, -0.1) is 0 Å². The maximum absolute atomic E-state index is 11.7. The summed E-state index contributed by atoms with van der Waals surface area (Å²) in [5.41, 5.74) is 3.25. The monoisotopic (exact) mass is 283 g/mol. The molecule has 1 amide bonds. The molecule has 1 aromatic carbocycles. The second kappa shape index (κ2) is 4.34. The minimum absolute atomic E-state index is 0.0841. The van der Waals surface area contributed by atoms with Crippen LogP contribution in [0.2, 0.25) is 0 Å². The third kappa shape index (κ3) is 2.11. The Morgan fingerprint density at radius 3 is 2.29 bits per heavy atom. The first-order chi connectivity index (χ1) is 9.99. The highest BCUT2D eigenvalue weighted by atomic mass is 16.1. The van der Waals surface area contributed by atoms with Gasteiger partial charge >= 0.3 is 0 Å². The highest BCUT2D eigenvalue weighted by Gasteiger charge is 2.58. The SMILES string of the molecule is CC(=O)NC12C[C@H]3C[C@@H](C1)CC(c1ccc(C)cc1)(C3)C2. The van der Waals surface area contributed by atoms with Crippen molar-refractivity contribution >= 4 is 5.91 Å². The van der Waals surface area contributed by atoms with Gasteiger partial charge in [0.15, 0.2) is 0 Å². The molecule has 0 heterocycles. The lowest BCUT2D eigenvalue weighted by Gasteiger charge is -2.62. The summed E-state index contributed by atoms with van der Waals surface area (Å²) in [6, 6.07) is 9.17. The molecule has 4 aliphatic rings. The summed E-state index contributed by atoms with van der Waals surface area (Å²) in [6.07, 6.45) is 7.60. The molecule has 5 rings (SSSR count). The smallest absolute Gasteiger partial charge is 0.217 e. The molecule has 0 aromatic heterocycles. The molecule has 4 fully saturated rings. The van der Waals surface area contributed by atoms with Gasteiger partial charge in [0.25, 0.3) is 0 Å². The van der Waals surface area contributed by atoms with Crippen LogP contribution in [-0.4, -0.2) is 11.4 Å². The largest absolute Gasteiger partial charge is 0.351 e. The number of rotatable bonds is 2. The minimum atomic E-state index is 0.0841. The summed E-state index contributed by atoms with van der Waals surface area (Å²) in [5, 5.41) is 3.35. The Morgan fingerprint density at radius 2 is 1.71 bits per heavy atom. The lowest BCUT2D eigenvalue weighted by Crippen LogP contribution is -2.64. The first kappa shape index (κ1) is 13.4. The van der Waals surface area contributed by atoms with Gasteiger partial charge in [-0.05, 0) is 68.3 Å². The Labute approximate surface area is 127 Å². The summed E-state index contributed by atoms with van der Waals surface area (Å²) in [5.74, 6) is 1.76. The second-order valence-corrected chi connectivity index (χ2v) is 8.07. The van der Waals surface area contributed by atoms with Crippen LogP contribution in [0.3, 0.4) is 0 Å². The van der Waals surface area contributed by atoms with Crippen molar-refractivity contribution in [3.8, 4) is 0 Å². The highest BCUT2D eigenvalue weighted by molar-refractivity contribution is 5.74. The van der Waals surface area contributed by atoms with E-state index in [1.54, 1.807) is 6.92 Å². The average molecular weight is 283 g/mol. The van der Waals surface area contributed by atoms with Crippen molar-refractivity contribution < 1.29 is 4.79 Å². The van der Waals surface area contributed by atoms with Gasteiger partial charge < -0.3 is 5.32 Å². The summed E-state index contributed by atoms with van der Waals surface area (Å²) in [6.45, 7) is 3.83. The van der Waals surface area contributed by atoms with Crippen LogP contribution in [0.5, 0.6) is 0 Å². The van der Waals surface area contributed by atoms with Crippen LogP contribution in [0.25, 0.3) is 0 Å². The van der Waals surface area contributed by atoms with Crippen LogP contribution in [0.15, 0.2) is 24.3 Å². The Hall–Kier alpha value is -1.31. The molecule has 0 aliphatic heterocycles. The summed E-state index contributed by atoms with van der Waals surface area (Å²) >= 11 is 0. The van der Waals surface area contributed by atoms with Gasteiger partial charge in [-0.1, -0.05) is 29.8 Å². The van der Waals surface area contributed by atoms with Gasteiger partial charge in [0, 0.05) is 12.5 Å². The molecule has 4 saturated carbocycles. The van der Waals surface area contributed by atoms with Gasteiger partial charge in [-0.3, -0.25) is 4.79 Å². The average Bonchev–Trinajstić information content (AvgIpc) is 2.35. The van der Waals surface area contributed by atoms with Crippen molar-refractivity contribution in [1.29, 1.82) is 0 Å². The normalized spacial score (nSPS) is 40.3. The summed E-state index contributed by atoms with van der Waals surface area (Å²) in [7, 11) is 0. The van der Waals surface area contributed by atoms with E-state index in [2.05, 4.69) is 36.5 Å². The first-order valence-electron chi connectivity index (χ1n) is 8.35. The van der Waals surface area contributed by atoms with Crippen LogP contribution in [0, 0.1) is 18.8 Å². The molecular formula is C19H25NO. The van der Waals surface area contributed by atoms with Gasteiger partial charge in [-0.25, -0.2) is 0 Å². The number of carbonyl (C=O) groups excluding carboxylic acids is 1. The van der Waals surface area contributed by atoms with Crippen molar-refractivity contribution in [2.75, 3.05) is 0 Å². The molecule has 1 aromatic rings. The van der Waals surface area contributed by atoms with Crippen molar-refractivity contribution in [2.24, 2.45) is 11.8 Å². The predicted octanol–water partition coefficient (Wildman–Crippen LogP) is 3.72. The number of hydrogen-bond donors (Lipinski definition) is 1. The number of aryl methyl sites for hydroxylation is 1. The van der Waals surface area contributed by atoms with E-state index in [1.165, 1.54) is 43.2 Å². The zero-order chi connectivity index (χ0) is 14.7. The molecule has 4 bridgehead atoms. The fourth-order valence-electron chi connectivity index (χ4n) is 6.03. The van der Waals surface area contributed by atoms with E-state index < -0.39 is 0 Å². The number of hydrogen-bond acceptors (Lipinski definition) is 1. The fourth-order valence-corrected chi connectivity index (χ4v) is 6.03. The van der Waals surface area contributed by atoms with Crippen LogP contribution in [0.4, 0.5) is 0 Å². The van der Waals surface area contributed by atoms with Gasteiger partial charge in [0.2, 0.25) is 5.91 Å². The molecule has 0 saturated heterocycles. The van der Waals surface area contributed by atoms with E-state index in [-0.39, 0.29) is 11.4 Å². The van der Waals surface area contributed by atoms with Crippen molar-refractivity contribution in [3.05, 3.63) is 35.4 Å². The molecular weight excluding hydrogens is 258 g/mol. The van der Waals surface area contributed by atoms with E-state index in [4.69, 9.17) is 0 Å². The maximum atomic E-state index is 11.7. The van der Waals surface area contributed by atoms with Crippen molar-refractivity contribution in [3.63, 3.8) is 0 Å². The van der Waals surface area contributed by atoms with E-state index >= 15 is 0 Å². The predicted molar refractivity (Wildman–Crippen MR) is 84.1 cm³/mol. The van der Waals surface area contributed by atoms with Gasteiger partial charge in [0.05, 0.1) is 0 Å². The molecule has 0 radical (unpaired) electrons. The Kier molecular flexibility index (Phi) is 2.76. The van der Waals surface area contributed by atoms with Crippen LogP contribution in [-0.2, 0) is 10.2 Å². The quantitative estimate of drug-likeness (QED) is 0.880. The Bertz CT molecular complexity index is 560. The molecule has 0 spiro atoms. The standard InChI is InChI=1S/C19H25NO/c1-13-3-5-17(6-4-13)18-8-15-7-16(9-18)11-19(10-15,12-18)20-14(2)21/h3-6,15-16H,7-12H2,1-2H3,(H,20,21)/t15-,16+,18?,19?. The second-order valence-electron chi connectivity index (χ2n) is 8.07. The van der Waals surface area contributed by atoms with Crippen LogP contribution in [0.1, 0.15) is 56.6 Å². The van der Waals surface area contributed by atoms with E-state index in [9.17, 15) is 4.79 Å². The zero-order valence-corrected chi connectivity index (χ0v) is 13.1. The number of nitrogens with one attached hydrogen (secondary N) is 1. The molecule has 21 heavy (non-hydrogen) atoms. The fraction of sp³-hybridized carbons (Fsp3) is 0.632. The third-order valence-electron chi connectivity index (χ3n) is 6.17. The highest BCUT2D eigenvalue weighted by Crippen LogP contribution is 2.62. The molecule has 4 aliphatic carbocycles. The molecule has 2 unspecified atom stereocenters. The minimum Gasteiger partial charge on any atom is -0.351 e. The maximum Gasteiger partial charge on any atom is 0.217 e. The van der Waals surface area contributed by atoms with E-state index in [1.807, 2.05) is 0 Å². The number of benzene rings is 1. The Morgan fingerprint density at radius 1 is 1.10 bits per heavy atom. The summed E-state index contributed by atoms with van der Waals surface area (Å²) in [4.78, 5) is 11.7. The summed E-state index contributed by atoms with van der Waals surface area (Å²) < 4.78 is 0. The van der Waals surface area contributed by atoms with Crippen molar-refractivity contribution in [2.45, 2.75) is 63.3 Å². The van der Waals surface area contributed by atoms with Crippen molar-refractivity contribution in [1.82, 2.24) is 5.32 Å². The lowest BCUT2D eigenvalue weighted by atomic mass is 9.45. The van der Waals surface area contributed by atoms with Gasteiger partial charge in [-0.2, -0.15) is 0 Å². The Balaban J connectivity index is 1.73. The molecule has 2 nitrogen and oxygen atoms in total. The first-order valence-corrected chi connectivity index (χ1v) is 8.35. The van der Waals surface area contributed by atoms with Crippen LogP contribution < -0.4 is 5.32 Å². The lowest BCUT2D eigenvalue weighted by molar-refractivity contribution is -0.125.